The van der Waals surface area contributed by atoms with Crippen LogP contribution >= 0.6 is 0 Å². The van der Waals surface area contributed by atoms with E-state index >= 15 is 0 Å². The first kappa shape index (κ1) is 9.47. The molecule has 1 saturated heterocycles. The molecule has 1 saturated carbocycles. The van der Waals surface area contributed by atoms with Crippen molar-refractivity contribution < 1.29 is 5.11 Å². The van der Waals surface area contributed by atoms with Crippen LogP contribution in [0.15, 0.2) is 0 Å². The molecule has 76 valence electrons. The summed E-state index contributed by atoms with van der Waals surface area (Å²) in [7, 11) is 0. The number of hydrogen-bond acceptors (Lipinski definition) is 2. The number of aliphatic hydroxyl groups excluding tert-OH is 1. The summed E-state index contributed by atoms with van der Waals surface area (Å²) in [5.74, 6) is 0. The van der Waals surface area contributed by atoms with Crippen molar-refractivity contribution in [2.24, 2.45) is 5.41 Å². The van der Waals surface area contributed by atoms with Crippen LogP contribution in [0.2, 0.25) is 0 Å². The van der Waals surface area contributed by atoms with E-state index in [1.807, 2.05) is 0 Å². The molecule has 0 aromatic rings. The Balaban J connectivity index is 1.88. The Kier molecular flexibility index (Phi) is 2.89. The zero-order chi connectivity index (χ0) is 9.15. The van der Waals surface area contributed by atoms with Crippen molar-refractivity contribution >= 4 is 0 Å². The SMILES string of the molecule is OCC1(CN2CCC2)CCCCC1. The molecule has 2 heteroatoms. The van der Waals surface area contributed by atoms with Crippen LogP contribution in [0.3, 0.4) is 0 Å². The molecule has 0 aromatic carbocycles. The summed E-state index contributed by atoms with van der Waals surface area (Å²) < 4.78 is 0. The van der Waals surface area contributed by atoms with Crippen molar-refractivity contribution in [3.8, 4) is 0 Å². The summed E-state index contributed by atoms with van der Waals surface area (Å²) in [5, 5.41) is 9.48. The Morgan fingerprint density at radius 3 is 2.15 bits per heavy atom. The summed E-state index contributed by atoms with van der Waals surface area (Å²) in [5.41, 5.74) is 0.276. The smallest absolute Gasteiger partial charge is 0.0499 e. The molecule has 0 unspecified atom stereocenters. The van der Waals surface area contributed by atoms with E-state index in [0.717, 1.165) is 6.54 Å². The lowest BCUT2D eigenvalue weighted by Crippen LogP contribution is -2.47. The minimum absolute atomic E-state index is 0.276. The van der Waals surface area contributed by atoms with Gasteiger partial charge in [0.15, 0.2) is 0 Å². The van der Waals surface area contributed by atoms with E-state index in [4.69, 9.17) is 0 Å². The van der Waals surface area contributed by atoms with Crippen LogP contribution in [0, 0.1) is 5.41 Å². The highest BCUT2D eigenvalue weighted by Crippen LogP contribution is 2.37. The fourth-order valence-corrected chi connectivity index (χ4v) is 2.68. The number of rotatable bonds is 3. The first-order valence-corrected chi connectivity index (χ1v) is 5.68. The summed E-state index contributed by atoms with van der Waals surface area (Å²) in [4.78, 5) is 2.50. The van der Waals surface area contributed by atoms with Gasteiger partial charge in [0.05, 0.1) is 0 Å². The monoisotopic (exact) mass is 183 g/mol. The van der Waals surface area contributed by atoms with E-state index in [0.29, 0.717) is 6.61 Å². The first-order chi connectivity index (χ1) is 6.35. The molecule has 13 heavy (non-hydrogen) atoms. The van der Waals surface area contributed by atoms with E-state index in [1.165, 1.54) is 51.6 Å². The van der Waals surface area contributed by atoms with Gasteiger partial charge in [-0.2, -0.15) is 0 Å². The fourth-order valence-electron chi connectivity index (χ4n) is 2.68. The van der Waals surface area contributed by atoms with E-state index in [-0.39, 0.29) is 5.41 Å². The Hall–Kier alpha value is -0.0800. The van der Waals surface area contributed by atoms with E-state index < -0.39 is 0 Å². The van der Waals surface area contributed by atoms with Gasteiger partial charge < -0.3 is 10.0 Å². The Bertz CT molecular complexity index is 159. The molecule has 0 spiro atoms. The van der Waals surface area contributed by atoms with E-state index in [2.05, 4.69) is 4.90 Å². The maximum Gasteiger partial charge on any atom is 0.0499 e. The van der Waals surface area contributed by atoms with Crippen LogP contribution < -0.4 is 0 Å². The maximum atomic E-state index is 9.48. The predicted octanol–water partition coefficient (Wildman–Crippen LogP) is 1.63. The van der Waals surface area contributed by atoms with Crippen molar-refractivity contribution in [2.75, 3.05) is 26.2 Å². The molecular formula is C11H21NO. The van der Waals surface area contributed by atoms with Gasteiger partial charge in [0, 0.05) is 18.6 Å². The van der Waals surface area contributed by atoms with Gasteiger partial charge in [-0.3, -0.25) is 0 Å². The standard InChI is InChI=1S/C11H21NO/c13-10-11(5-2-1-3-6-11)9-12-7-4-8-12/h13H,1-10H2. The number of nitrogens with zero attached hydrogens (tertiary/aromatic N) is 1. The molecule has 0 bridgehead atoms. The van der Waals surface area contributed by atoms with Gasteiger partial charge in [-0.25, -0.2) is 0 Å². The Labute approximate surface area is 80.9 Å². The van der Waals surface area contributed by atoms with Crippen LogP contribution in [-0.2, 0) is 0 Å². The largest absolute Gasteiger partial charge is 0.396 e. The third-order valence-corrected chi connectivity index (χ3v) is 3.76. The van der Waals surface area contributed by atoms with Gasteiger partial charge in [0.1, 0.15) is 0 Å². The lowest BCUT2D eigenvalue weighted by atomic mass is 9.74. The molecule has 1 N–H and O–H groups in total. The molecule has 0 radical (unpaired) electrons. The van der Waals surface area contributed by atoms with Gasteiger partial charge in [0.2, 0.25) is 0 Å². The summed E-state index contributed by atoms with van der Waals surface area (Å²) in [6.07, 6.45) is 7.89. The van der Waals surface area contributed by atoms with Gasteiger partial charge in [-0.05, 0) is 32.4 Å². The zero-order valence-electron chi connectivity index (χ0n) is 8.47. The molecule has 1 aliphatic heterocycles. The van der Waals surface area contributed by atoms with Crippen LogP contribution in [0.25, 0.3) is 0 Å². The molecule has 2 aliphatic rings. The highest BCUT2D eigenvalue weighted by molar-refractivity contribution is 4.87. The maximum absolute atomic E-state index is 9.48. The predicted molar refractivity (Wildman–Crippen MR) is 53.7 cm³/mol. The van der Waals surface area contributed by atoms with E-state index in [9.17, 15) is 5.11 Å². The van der Waals surface area contributed by atoms with Crippen LogP contribution in [0.4, 0.5) is 0 Å². The highest BCUT2D eigenvalue weighted by atomic mass is 16.3. The molecule has 1 heterocycles. The summed E-state index contributed by atoms with van der Waals surface area (Å²) >= 11 is 0. The Morgan fingerprint density at radius 1 is 1.00 bits per heavy atom. The molecular weight excluding hydrogens is 162 g/mol. The molecule has 2 rings (SSSR count). The highest BCUT2D eigenvalue weighted by Gasteiger charge is 2.34. The molecule has 1 aliphatic carbocycles. The molecule has 2 nitrogen and oxygen atoms in total. The second-order valence-electron chi connectivity index (χ2n) is 4.85. The minimum atomic E-state index is 0.276. The van der Waals surface area contributed by atoms with Crippen molar-refractivity contribution in [1.29, 1.82) is 0 Å². The topological polar surface area (TPSA) is 23.5 Å². The van der Waals surface area contributed by atoms with Gasteiger partial charge >= 0.3 is 0 Å². The third-order valence-electron chi connectivity index (χ3n) is 3.76. The molecule has 2 fully saturated rings. The second-order valence-corrected chi connectivity index (χ2v) is 4.85. The van der Waals surface area contributed by atoms with Crippen LogP contribution in [-0.4, -0.2) is 36.2 Å². The van der Waals surface area contributed by atoms with Crippen molar-refractivity contribution in [1.82, 2.24) is 4.90 Å². The van der Waals surface area contributed by atoms with Crippen LogP contribution in [0.1, 0.15) is 38.5 Å². The lowest BCUT2D eigenvalue weighted by Gasteiger charge is -2.43. The Morgan fingerprint density at radius 2 is 1.69 bits per heavy atom. The normalized spacial score (nSPS) is 28.4. The minimum Gasteiger partial charge on any atom is -0.396 e. The van der Waals surface area contributed by atoms with Gasteiger partial charge in [-0.15, -0.1) is 0 Å². The average molecular weight is 183 g/mol. The molecule has 0 atom stereocenters. The van der Waals surface area contributed by atoms with Crippen molar-refractivity contribution in [3.63, 3.8) is 0 Å². The fraction of sp³-hybridized carbons (Fsp3) is 1.00. The van der Waals surface area contributed by atoms with Gasteiger partial charge in [0.25, 0.3) is 0 Å². The average Bonchev–Trinajstić information content (AvgIpc) is 2.13. The van der Waals surface area contributed by atoms with Crippen molar-refractivity contribution in [3.05, 3.63) is 0 Å². The number of aliphatic hydroxyl groups is 1. The summed E-state index contributed by atoms with van der Waals surface area (Å²) in [6, 6.07) is 0. The van der Waals surface area contributed by atoms with Crippen LogP contribution in [0.5, 0.6) is 0 Å². The van der Waals surface area contributed by atoms with Gasteiger partial charge in [-0.1, -0.05) is 19.3 Å². The second kappa shape index (κ2) is 3.97. The quantitative estimate of drug-likeness (QED) is 0.719. The third kappa shape index (κ3) is 2.05. The molecule has 0 aromatic heterocycles. The first-order valence-electron chi connectivity index (χ1n) is 5.68. The molecule has 0 amide bonds. The van der Waals surface area contributed by atoms with Crippen molar-refractivity contribution in [2.45, 2.75) is 38.5 Å². The lowest BCUT2D eigenvalue weighted by molar-refractivity contribution is 0.0198. The summed E-state index contributed by atoms with van der Waals surface area (Å²) in [6.45, 7) is 4.09. The zero-order valence-corrected chi connectivity index (χ0v) is 8.47. The number of hydrogen-bond donors (Lipinski definition) is 1. The van der Waals surface area contributed by atoms with E-state index in [1.54, 1.807) is 0 Å². The number of likely N-dealkylation sites (tertiary alicyclic amines) is 1.